The molecule has 0 saturated carbocycles. The molecule has 0 aliphatic heterocycles. The van der Waals surface area contributed by atoms with E-state index in [1.54, 1.807) is 6.92 Å². The topological polar surface area (TPSA) is 237 Å². The Morgan fingerprint density at radius 3 is 1.18 bits per heavy atom. The number of ether oxygens (including phenoxy) is 2. The van der Waals surface area contributed by atoms with Gasteiger partial charge in [-0.25, -0.2) is 4.21 Å². The summed E-state index contributed by atoms with van der Waals surface area (Å²) in [7, 11) is -5.30. The summed E-state index contributed by atoms with van der Waals surface area (Å²) in [5.74, 6) is -0.0895. The van der Waals surface area contributed by atoms with Crippen LogP contribution in [0.1, 0.15) is 170 Å². The Bertz CT molecular complexity index is 1230. The number of hydroxylamine groups is 1. The van der Waals surface area contributed by atoms with Gasteiger partial charge in [-0.05, 0) is 107 Å². The third-order valence-electron chi connectivity index (χ3n) is 9.45. The van der Waals surface area contributed by atoms with Crippen molar-refractivity contribution in [1.29, 1.82) is 0 Å². The second-order valence-electron chi connectivity index (χ2n) is 16.8. The molecule has 0 spiro atoms. The van der Waals surface area contributed by atoms with Crippen LogP contribution in [0.25, 0.3) is 0 Å². The first-order chi connectivity index (χ1) is 32.0. The van der Waals surface area contributed by atoms with E-state index >= 15 is 0 Å². The molecule has 19 nitrogen and oxygen atoms in total. The van der Waals surface area contributed by atoms with E-state index in [9.17, 15) is 27.9 Å². The van der Waals surface area contributed by atoms with Gasteiger partial charge < -0.3 is 51.2 Å². The highest BCUT2D eigenvalue weighted by atomic mass is 32.2. The van der Waals surface area contributed by atoms with Gasteiger partial charge in [-0.2, -0.15) is 5.48 Å². The van der Waals surface area contributed by atoms with Crippen LogP contribution >= 0.6 is 0 Å². The zero-order valence-electron chi connectivity index (χ0n) is 45.5. The molecule has 408 valence electrons. The van der Waals surface area contributed by atoms with Gasteiger partial charge >= 0.3 is 29.5 Å². The van der Waals surface area contributed by atoms with Crippen molar-refractivity contribution in [2.45, 2.75) is 200 Å². The van der Waals surface area contributed by atoms with Gasteiger partial charge in [0.05, 0.1) is 25.0 Å². The van der Waals surface area contributed by atoms with E-state index < -0.39 is 29.0 Å². The molecule has 0 aromatic carbocycles. The van der Waals surface area contributed by atoms with Crippen molar-refractivity contribution in [3.8, 4) is 0 Å². The van der Waals surface area contributed by atoms with Crippen molar-refractivity contribution in [2.75, 3.05) is 52.7 Å². The molecule has 3 N–H and O–H groups in total. The molecule has 0 radical (unpaired) electrons. The predicted octanol–water partition coefficient (Wildman–Crippen LogP) is 8.15. The molecular weight excluding hydrogens is 939 g/mol. The summed E-state index contributed by atoms with van der Waals surface area (Å²) < 4.78 is 68.6. The fraction of sp³-hybridized carbons (Fsp3) is 0.913. The number of amides is 2. The van der Waals surface area contributed by atoms with Crippen LogP contribution in [-0.4, -0.2) is 121 Å². The van der Waals surface area contributed by atoms with Crippen molar-refractivity contribution in [2.24, 2.45) is 23.7 Å². The van der Waals surface area contributed by atoms with E-state index in [0.29, 0.717) is 52.0 Å². The minimum absolute atomic E-state index is 0.0499. The fourth-order valence-electron chi connectivity index (χ4n) is 5.20. The third kappa shape index (κ3) is 41.8. The highest BCUT2D eigenvalue weighted by molar-refractivity contribution is 7.73. The Hall–Kier alpha value is -1.94. The second kappa shape index (κ2) is 46.2. The lowest BCUT2D eigenvalue weighted by Crippen LogP contribution is -2.51. The fourth-order valence-corrected chi connectivity index (χ4v) is 11.2. The van der Waals surface area contributed by atoms with Crippen molar-refractivity contribution in [3.05, 3.63) is 0 Å². The Labute approximate surface area is 417 Å². The van der Waals surface area contributed by atoms with Crippen molar-refractivity contribution < 1.29 is 73.3 Å². The molecule has 0 bridgehead atoms. The maximum Gasteiger partial charge on any atom is 0.501 e. The van der Waals surface area contributed by atoms with E-state index in [0.717, 1.165) is 44.6 Å². The summed E-state index contributed by atoms with van der Waals surface area (Å²) in [5.41, 5.74) is 2.14. The standard InChI is InChI=1S/C17H37NO4Si.C14H31NO4Si.C8H16O2.C7H15NO6S/c1-9-16(8)17(19)18-11-10-12-23(20-13(2)3,21-14(4)5)22-15(6)7;1-6-13(5)14(16)15-11-10-12-20(17-7-2,18-8-3)19-9-4;1-4-6-10-8(9)7(3)5-2;1-3-6(2)7(9)12-5-4-8-13-14-15(10)11/h13-16H,9-12H2,1-8H3,(H,18,19);13H,6-12H2,1-5H3,(H,15,16);7H,4-6H2,1-3H3;6,8H,3-5H2,1-2H3,(H,10,11)/p-1. The number of nitrogens with one attached hydrogen (secondary N) is 3. The summed E-state index contributed by atoms with van der Waals surface area (Å²) in [6, 6.07) is 1.45. The maximum absolute atomic E-state index is 11.8. The van der Waals surface area contributed by atoms with Gasteiger partial charge in [0.2, 0.25) is 11.8 Å². The summed E-state index contributed by atoms with van der Waals surface area (Å²) >= 11 is -2.73. The number of rotatable bonds is 36. The first kappa shape index (κ1) is 72.6. The maximum atomic E-state index is 11.8. The molecule has 5 atom stereocenters. The minimum Gasteiger partial charge on any atom is -0.747 e. The van der Waals surface area contributed by atoms with Gasteiger partial charge in [-0.3, -0.25) is 19.2 Å². The van der Waals surface area contributed by atoms with Crippen LogP contribution < -0.4 is 16.1 Å². The predicted molar refractivity (Wildman–Crippen MR) is 269 cm³/mol. The van der Waals surface area contributed by atoms with Crippen LogP contribution in [0.2, 0.25) is 12.1 Å². The van der Waals surface area contributed by atoms with Gasteiger partial charge in [-0.1, -0.05) is 62.3 Å². The zero-order chi connectivity index (χ0) is 53.1. The average Bonchev–Trinajstić information content (AvgIpc) is 3.28. The van der Waals surface area contributed by atoms with E-state index in [2.05, 4.69) is 25.4 Å². The van der Waals surface area contributed by atoms with Crippen molar-refractivity contribution >= 4 is 52.7 Å². The summed E-state index contributed by atoms with van der Waals surface area (Å²) in [6.07, 6.45) is 5.95. The number of esters is 2. The molecule has 0 aliphatic rings. The van der Waals surface area contributed by atoms with E-state index in [1.165, 1.54) is 0 Å². The Kier molecular flexibility index (Phi) is 49.3. The van der Waals surface area contributed by atoms with Gasteiger partial charge in [0.1, 0.15) is 18.0 Å². The van der Waals surface area contributed by atoms with Crippen LogP contribution in [0.5, 0.6) is 0 Å². The lowest BCUT2D eigenvalue weighted by molar-refractivity contribution is -0.255. The van der Waals surface area contributed by atoms with Gasteiger partial charge in [0, 0.05) is 75.1 Å². The quantitative estimate of drug-likeness (QED) is 0.0134. The summed E-state index contributed by atoms with van der Waals surface area (Å²) in [5, 5.41) is 5.93. The normalized spacial score (nSPS) is 13.7. The first-order valence-corrected chi connectivity index (χ1v) is 29.8. The van der Waals surface area contributed by atoms with Gasteiger partial charge in [-0.15, -0.1) is 9.32 Å². The van der Waals surface area contributed by atoms with Crippen LogP contribution in [0.4, 0.5) is 0 Å². The molecule has 5 unspecified atom stereocenters. The van der Waals surface area contributed by atoms with Crippen molar-refractivity contribution in [1.82, 2.24) is 16.1 Å². The smallest absolute Gasteiger partial charge is 0.501 e. The van der Waals surface area contributed by atoms with Crippen LogP contribution in [-0.2, 0) is 75.9 Å². The summed E-state index contributed by atoms with van der Waals surface area (Å²) in [6.45, 7) is 39.1. The number of hydrogen-bond donors (Lipinski definition) is 3. The zero-order valence-corrected chi connectivity index (χ0v) is 48.3. The molecule has 68 heavy (non-hydrogen) atoms. The minimum atomic E-state index is -2.74. The van der Waals surface area contributed by atoms with Crippen LogP contribution in [0.3, 0.4) is 0 Å². The molecule has 0 saturated heterocycles. The van der Waals surface area contributed by atoms with Gasteiger partial charge in [0.25, 0.3) is 0 Å². The van der Waals surface area contributed by atoms with Crippen LogP contribution in [0.15, 0.2) is 0 Å². The van der Waals surface area contributed by atoms with Crippen molar-refractivity contribution in [3.63, 3.8) is 0 Å². The summed E-state index contributed by atoms with van der Waals surface area (Å²) in [4.78, 5) is 49.5. The van der Waals surface area contributed by atoms with E-state index in [1.807, 2.05) is 118 Å². The SMILES string of the molecule is CCC(C)C(=O)NCCC[Si](OC(C)C)(OC(C)C)OC(C)C.CCC(C)C(=O)OCCNOOS(=O)[O-].CCCOC(=O)C(C)CC.CCO[Si](CCCNC(=O)C(C)CC)(OCC)OCC. The van der Waals surface area contributed by atoms with E-state index in [4.69, 9.17) is 36.0 Å². The molecule has 0 aromatic heterocycles. The molecule has 0 fully saturated rings. The molecular formula is C46H98N3O16SSi2-. The third-order valence-corrected chi connectivity index (χ3v) is 16.2. The number of carbonyl (C=O) groups is 4. The molecule has 22 heteroatoms. The molecule has 2 amide bonds. The van der Waals surface area contributed by atoms with Crippen LogP contribution in [0, 0.1) is 23.7 Å². The Morgan fingerprint density at radius 2 is 0.868 bits per heavy atom. The monoisotopic (exact) mass is 1040 g/mol. The largest absolute Gasteiger partial charge is 0.747 e. The Balaban J connectivity index is -0.000000417. The number of carbonyl (C=O) groups excluding carboxylic acids is 4. The lowest BCUT2D eigenvalue weighted by Gasteiger charge is -2.34. The molecule has 0 aliphatic carbocycles. The molecule has 0 rings (SSSR count). The number of hydrogen-bond acceptors (Lipinski definition) is 17. The highest BCUT2D eigenvalue weighted by Crippen LogP contribution is 2.24. The second-order valence-corrected chi connectivity index (χ2v) is 22.6. The lowest BCUT2D eigenvalue weighted by atomic mass is 10.1. The Morgan fingerprint density at radius 1 is 0.515 bits per heavy atom. The van der Waals surface area contributed by atoms with Gasteiger partial charge in [0.15, 0.2) is 0 Å². The molecule has 0 heterocycles. The highest BCUT2D eigenvalue weighted by Gasteiger charge is 2.43. The molecule has 0 aromatic rings. The van der Waals surface area contributed by atoms with E-state index in [-0.39, 0.29) is 78.9 Å². The average molecular weight is 1040 g/mol. The first-order valence-electron chi connectivity index (χ1n) is 25.0.